The predicted molar refractivity (Wildman–Crippen MR) is 46.7 cm³/mol. The van der Waals surface area contributed by atoms with E-state index < -0.39 is 11.6 Å². The quantitative estimate of drug-likeness (QED) is 0.594. The van der Waals surface area contributed by atoms with Gasteiger partial charge in [-0.1, -0.05) is 11.6 Å². The Morgan fingerprint density at radius 3 is 2.46 bits per heavy atom. The van der Waals surface area contributed by atoms with E-state index in [4.69, 9.17) is 11.6 Å². The molecule has 1 nitrogen and oxygen atoms in total. The molecule has 2 aromatic rings. The first kappa shape index (κ1) is 8.38. The lowest BCUT2D eigenvalue weighted by atomic mass is 10.2. The first-order valence-electron chi connectivity index (χ1n) is 3.59. The number of aromatic nitrogens is 1. The maximum absolute atomic E-state index is 13.1. The molecule has 0 aliphatic heterocycles. The van der Waals surface area contributed by atoms with Crippen molar-refractivity contribution in [2.24, 2.45) is 0 Å². The molecule has 4 heteroatoms. The van der Waals surface area contributed by atoms with Gasteiger partial charge in [-0.25, -0.2) is 13.8 Å². The van der Waals surface area contributed by atoms with Crippen molar-refractivity contribution in [1.29, 1.82) is 0 Å². The summed E-state index contributed by atoms with van der Waals surface area (Å²) in [6, 6.07) is 4.92. The summed E-state index contributed by atoms with van der Waals surface area (Å²) in [6.07, 6.45) is 0. The number of benzene rings is 1. The van der Waals surface area contributed by atoms with E-state index in [1.165, 1.54) is 12.1 Å². The molecular formula is C9H4ClF2N. The normalized spacial score (nSPS) is 10.7. The number of hydrogen-bond acceptors (Lipinski definition) is 1. The first-order valence-corrected chi connectivity index (χ1v) is 3.96. The maximum atomic E-state index is 13.1. The highest BCUT2D eigenvalue weighted by molar-refractivity contribution is 6.29. The second kappa shape index (κ2) is 2.92. The van der Waals surface area contributed by atoms with E-state index in [9.17, 15) is 8.78 Å². The minimum Gasteiger partial charge on any atom is -0.233 e. The van der Waals surface area contributed by atoms with Crippen LogP contribution in [0.3, 0.4) is 0 Å². The Balaban J connectivity index is 2.92. The molecular weight excluding hydrogens is 196 g/mol. The van der Waals surface area contributed by atoms with Crippen LogP contribution in [0.2, 0.25) is 5.15 Å². The number of hydrogen-bond donors (Lipinski definition) is 0. The van der Waals surface area contributed by atoms with E-state index in [2.05, 4.69) is 4.98 Å². The summed E-state index contributed by atoms with van der Waals surface area (Å²) in [5.41, 5.74) is -0.0347. The molecule has 2 rings (SSSR count). The van der Waals surface area contributed by atoms with Gasteiger partial charge in [0.2, 0.25) is 0 Å². The van der Waals surface area contributed by atoms with Gasteiger partial charge in [0.05, 0.1) is 0 Å². The zero-order chi connectivity index (χ0) is 9.42. The molecule has 66 valence electrons. The van der Waals surface area contributed by atoms with Crippen LogP contribution in [0, 0.1) is 11.6 Å². The van der Waals surface area contributed by atoms with Crippen LogP contribution >= 0.6 is 11.6 Å². The third kappa shape index (κ3) is 1.35. The standard InChI is InChI=1S/C9H4ClF2N/c10-8-4-1-5-6(11)2-3-7(12)9(5)13-8/h1-4H. The highest BCUT2D eigenvalue weighted by atomic mass is 35.5. The third-order valence-corrected chi connectivity index (χ3v) is 1.93. The van der Waals surface area contributed by atoms with E-state index in [0.717, 1.165) is 12.1 Å². The highest BCUT2D eigenvalue weighted by Gasteiger charge is 2.06. The summed E-state index contributed by atoms with van der Waals surface area (Å²) >= 11 is 5.54. The fourth-order valence-corrected chi connectivity index (χ4v) is 1.27. The minimum absolute atomic E-state index is 0.0347. The SMILES string of the molecule is Fc1ccc(F)c2nc(Cl)ccc12. The van der Waals surface area contributed by atoms with Gasteiger partial charge in [0.25, 0.3) is 0 Å². The second-order valence-electron chi connectivity index (χ2n) is 2.56. The summed E-state index contributed by atoms with van der Waals surface area (Å²) in [4.78, 5) is 3.69. The molecule has 0 radical (unpaired) electrons. The van der Waals surface area contributed by atoms with Crippen molar-refractivity contribution in [3.05, 3.63) is 41.1 Å². The average molecular weight is 200 g/mol. The first-order chi connectivity index (χ1) is 6.18. The molecule has 0 spiro atoms. The van der Waals surface area contributed by atoms with Crippen molar-refractivity contribution in [1.82, 2.24) is 4.98 Å². The molecule has 0 N–H and O–H groups in total. The summed E-state index contributed by atoms with van der Waals surface area (Å²) in [5.74, 6) is -1.07. The second-order valence-corrected chi connectivity index (χ2v) is 2.95. The van der Waals surface area contributed by atoms with Crippen LogP contribution in [0.5, 0.6) is 0 Å². The van der Waals surface area contributed by atoms with Gasteiger partial charge in [0, 0.05) is 5.39 Å². The Kier molecular flexibility index (Phi) is 1.88. The van der Waals surface area contributed by atoms with Gasteiger partial charge in [-0.15, -0.1) is 0 Å². The number of fused-ring (bicyclic) bond motifs is 1. The molecule has 1 heterocycles. The number of nitrogens with zero attached hydrogens (tertiary/aromatic N) is 1. The molecule has 0 aliphatic carbocycles. The summed E-state index contributed by atoms with van der Waals surface area (Å²) in [6.45, 7) is 0. The zero-order valence-corrected chi connectivity index (χ0v) is 7.15. The maximum Gasteiger partial charge on any atom is 0.149 e. The van der Waals surface area contributed by atoms with Crippen molar-refractivity contribution in [3.63, 3.8) is 0 Å². The van der Waals surface area contributed by atoms with E-state index in [0.29, 0.717) is 0 Å². The molecule has 13 heavy (non-hydrogen) atoms. The van der Waals surface area contributed by atoms with Crippen LogP contribution in [-0.4, -0.2) is 4.98 Å². The van der Waals surface area contributed by atoms with Gasteiger partial charge in [0.1, 0.15) is 22.3 Å². The molecule has 1 aromatic heterocycles. The third-order valence-electron chi connectivity index (χ3n) is 1.72. The van der Waals surface area contributed by atoms with Crippen LogP contribution in [0.25, 0.3) is 10.9 Å². The molecule has 0 unspecified atom stereocenters. The van der Waals surface area contributed by atoms with Crippen molar-refractivity contribution in [2.75, 3.05) is 0 Å². The van der Waals surface area contributed by atoms with Crippen molar-refractivity contribution in [3.8, 4) is 0 Å². The van der Waals surface area contributed by atoms with Crippen LogP contribution < -0.4 is 0 Å². The van der Waals surface area contributed by atoms with Gasteiger partial charge in [-0.05, 0) is 24.3 Å². The predicted octanol–water partition coefficient (Wildman–Crippen LogP) is 3.17. The Morgan fingerprint density at radius 2 is 1.69 bits per heavy atom. The Bertz CT molecular complexity index is 470. The number of rotatable bonds is 0. The van der Waals surface area contributed by atoms with Gasteiger partial charge in [0.15, 0.2) is 0 Å². The lowest BCUT2D eigenvalue weighted by Crippen LogP contribution is -1.87. The molecule has 0 saturated carbocycles. The minimum atomic E-state index is -0.570. The van der Waals surface area contributed by atoms with Crippen LogP contribution in [-0.2, 0) is 0 Å². The summed E-state index contributed by atoms with van der Waals surface area (Å²) in [5, 5.41) is 0.293. The smallest absolute Gasteiger partial charge is 0.149 e. The molecule has 0 saturated heterocycles. The Hall–Kier alpha value is -1.22. The molecule has 0 atom stereocenters. The van der Waals surface area contributed by atoms with E-state index in [-0.39, 0.29) is 16.1 Å². The van der Waals surface area contributed by atoms with Gasteiger partial charge in [-0.3, -0.25) is 0 Å². The highest BCUT2D eigenvalue weighted by Crippen LogP contribution is 2.20. The Morgan fingerprint density at radius 1 is 1.00 bits per heavy atom. The van der Waals surface area contributed by atoms with Crippen molar-refractivity contribution < 1.29 is 8.78 Å². The summed E-state index contributed by atoms with van der Waals surface area (Å²) in [7, 11) is 0. The van der Waals surface area contributed by atoms with E-state index in [1.807, 2.05) is 0 Å². The molecule has 0 bridgehead atoms. The lowest BCUT2D eigenvalue weighted by Gasteiger charge is -1.99. The molecule has 0 amide bonds. The van der Waals surface area contributed by atoms with E-state index in [1.54, 1.807) is 0 Å². The van der Waals surface area contributed by atoms with Gasteiger partial charge in [-0.2, -0.15) is 0 Å². The largest absolute Gasteiger partial charge is 0.233 e. The van der Waals surface area contributed by atoms with E-state index >= 15 is 0 Å². The molecule has 0 aliphatic rings. The molecule has 1 aromatic carbocycles. The topological polar surface area (TPSA) is 12.9 Å². The lowest BCUT2D eigenvalue weighted by molar-refractivity contribution is 0.615. The molecule has 0 fully saturated rings. The van der Waals surface area contributed by atoms with Gasteiger partial charge >= 0.3 is 0 Å². The summed E-state index contributed by atoms with van der Waals surface area (Å²) < 4.78 is 26.1. The fourth-order valence-electron chi connectivity index (χ4n) is 1.13. The van der Waals surface area contributed by atoms with Crippen LogP contribution in [0.15, 0.2) is 24.3 Å². The average Bonchev–Trinajstić information content (AvgIpc) is 2.12. The van der Waals surface area contributed by atoms with Crippen LogP contribution in [0.1, 0.15) is 0 Å². The fraction of sp³-hybridized carbons (Fsp3) is 0. The van der Waals surface area contributed by atoms with Crippen LogP contribution in [0.4, 0.5) is 8.78 Å². The van der Waals surface area contributed by atoms with Crippen molar-refractivity contribution >= 4 is 22.5 Å². The number of pyridine rings is 1. The van der Waals surface area contributed by atoms with Crippen molar-refractivity contribution in [2.45, 2.75) is 0 Å². The monoisotopic (exact) mass is 199 g/mol. The Labute approximate surface area is 78.0 Å². The number of halogens is 3. The van der Waals surface area contributed by atoms with Gasteiger partial charge < -0.3 is 0 Å². The zero-order valence-electron chi connectivity index (χ0n) is 6.39.